The van der Waals surface area contributed by atoms with Gasteiger partial charge in [-0.25, -0.2) is 9.55 Å². The Hall–Kier alpha value is -3.85. The van der Waals surface area contributed by atoms with E-state index in [0.717, 1.165) is 5.39 Å². The minimum Gasteiger partial charge on any atom is -0.479 e. The molecule has 6 unspecified atom stereocenters. The third kappa shape index (κ3) is 6.19. The smallest absolute Gasteiger partial charge is 0.459 e. The topological polar surface area (TPSA) is 202 Å². The summed E-state index contributed by atoms with van der Waals surface area (Å²) >= 11 is 0. The summed E-state index contributed by atoms with van der Waals surface area (Å²) in [6.07, 6.45) is -3.98. The van der Waals surface area contributed by atoms with Gasteiger partial charge in [-0.15, -0.1) is 0 Å². The fourth-order valence-corrected chi connectivity index (χ4v) is 6.97. The number of methoxy groups -OCH3 is 2. The molecule has 0 amide bonds. The number of imidazole rings is 1. The van der Waals surface area contributed by atoms with Crippen LogP contribution in [-0.2, 0) is 23.4 Å². The summed E-state index contributed by atoms with van der Waals surface area (Å²) in [6.45, 7) is 6.01. The van der Waals surface area contributed by atoms with Crippen LogP contribution in [0, 0.1) is 12.8 Å². The maximum atomic E-state index is 14.4. The van der Waals surface area contributed by atoms with E-state index in [9.17, 15) is 19.6 Å². The summed E-state index contributed by atoms with van der Waals surface area (Å²) in [6, 6.07) is 11.5. The number of ether oxygens (including phenoxy) is 3. The number of aryl methyl sites for hydroxylation is 1. The van der Waals surface area contributed by atoms with Crippen molar-refractivity contribution in [2.24, 2.45) is 5.92 Å². The normalized spacial score (nSPS) is 23.7. The van der Waals surface area contributed by atoms with Gasteiger partial charge in [0.25, 0.3) is 0 Å². The fraction of sp³-hybridized carbons (Fsp3) is 0.448. The monoisotopic (exact) mass is 644 g/mol. The maximum Gasteiger partial charge on any atom is 0.459 e. The molecule has 0 saturated carbocycles. The molecule has 4 aromatic rings. The fourth-order valence-electron chi connectivity index (χ4n) is 5.29. The molecule has 0 aliphatic carbocycles. The summed E-state index contributed by atoms with van der Waals surface area (Å²) in [5, 5.41) is 26.9. The Bertz CT molecular complexity index is 1760. The average molecular weight is 645 g/mol. The van der Waals surface area contributed by atoms with Gasteiger partial charge in [0, 0.05) is 5.39 Å². The van der Waals surface area contributed by atoms with Gasteiger partial charge in [-0.1, -0.05) is 50.2 Å². The van der Waals surface area contributed by atoms with Crippen molar-refractivity contribution >= 4 is 41.6 Å². The SMILES string of the molecule is COC(=O)C(NP(=O)(OCC1OC(n2c(C)nc3c(OC)nc(N)nc32)C(C)(O)C1O)Oc1cccc2ccccc12)C(C)C. The summed E-state index contributed by atoms with van der Waals surface area (Å²) in [4.78, 5) is 25.4. The number of anilines is 1. The first-order valence-electron chi connectivity index (χ1n) is 14.2. The van der Waals surface area contributed by atoms with Gasteiger partial charge in [-0.05, 0) is 31.2 Å². The van der Waals surface area contributed by atoms with E-state index < -0.39 is 50.4 Å². The van der Waals surface area contributed by atoms with Gasteiger partial charge in [0.2, 0.25) is 11.8 Å². The maximum absolute atomic E-state index is 14.4. The predicted molar refractivity (Wildman–Crippen MR) is 163 cm³/mol. The number of carbonyl (C=O) groups is 1. The molecule has 0 radical (unpaired) electrons. The lowest BCUT2D eigenvalue weighted by molar-refractivity contribution is -0.143. The zero-order chi connectivity index (χ0) is 32.7. The Kier molecular flexibility index (Phi) is 9.04. The number of nitrogens with one attached hydrogen (secondary N) is 1. The van der Waals surface area contributed by atoms with Gasteiger partial charge in [-0.3, -0.25) is 13.9 Å². The number of hydrogen-bond donors (Lipinski definition) is 4. The van der Waals surface area contributed by atoms with E-state index in [1.165, 1.54) is 25.7 Å². The van der Waals surface area contributed by atoms with Crippen LogP contribution >= 0.6 is 7.75 Å². The number of hydrogen-bond acceptors (Lipinski definition) is 13. The lowest BCUT2D eigenvalue weighted by Crippen LogP contribution is -2.45. The number of nitrogens with two attached hydrogens (primary N) is 1. The van der Waals surface area contributed by atoms with Gasteiger partial charge in [-0.2, -0.15) is 15.1 Å². The zero-order valence-electron chi connectivity index (χ0n) is 25.7. The molecule has 3 heterocycles. The number of nitrogens with zero attached hydrogens (tertiary/aromatic N) is 4. The molecule has 0 bridgehead atoms. The second-order valence-corrected chi connectivity index (χ2v) is 12.9. The number of carbonyl (C=O) groups excluding carboxylic acids is 1. The predicted octanol–water partition coefficient (Wildman–Crippen LogP) is 2.88. The van der Waals surface area contributed by atoms with Crippen LogP contribution in [0.5, 0.6) is 11.6 Å². The minimum absolute atomic E-state index is 0.0959. The van der Waals surface area contributed by atoms with Gasteiger partial charge < -0.3 is 34.7 Å². The van der Waals surface area contributed by atoms with Crippen molar-refractivity contribution in [1.29, 1.82) is 0 Å². The largest absolute Gasteiger partial charge is 0.479 e. The van der Waals surface area contributed by atoms with Gasteiger partial charge in [0.15, 0.2) is 17.4 Å². The molecule has 1 aliphatic heterocycles. The summed E-state index contributed by atoms with van der Waals surface area (Å²) in [5.41, 5.74) is 4.47. The Morgan fingerprint density at radius 3 is 2.58 bits per heavy atom. The van der Waals surface area contributed by atoms with Crippen molar-refractivity contribution in [3.05, 3.63) is 48.3 Å². The van der Waals surface area contributed by atoms with E-state index in [2.05, 4.69) is 20.0 Å². The highest BCUT2D eigenvalue weighted by atomic mass is 31.2. The summed E-state index contributed by atoms with van der Waals surface area (Å²) in [7, 11) is -1.76. The van der Waals surface area contributed by atoms with E-state index in [0.29, 0.717) is 11.2 Å². The van der Waals surface area contributed by atoms with Crippen molar-refractivity contribution in [3.63, 3.8) is 0 Å². The molecule has 15 nitrogen and oxygen atoms in total. The van der Waals surface area contributed by atoms with E-state index in [4.69, 9.17) is 29.0 Å². The van der Waals surface area contributed by atoms with Crippen LogP contribution in [0.3, 0.4) is 0 Å². The molecule has 2 aromatic carbocycles. The van der Waals surface area contributed by atoms with E-state index in [-0.39, 0.29) is 34.7 Å². The van der Waals surface area contributed by atoms with Crippen LogP contribution in [0.15, 0.2) is 42.5 Å². The highest BCUT2D eigenvalue weighted by Crippen LogP contribution is 2.49. The number of rotatable bonds is 11. The van der Waals surface area contributed by atoms with Gasteiger partial charge in [0.05, 0.1) is 20.8 Å². The minimum atomic E-state index is -4.39. The highest BCUT2D eigenvalue weighted by Gasteiger charge is 2.55. The van der Waals surface area contributed by atoms with Crippen LogP contribution in [0.25, 0.3) is 21.9 Å². The first-order valence-corrected chi connectivity index (χ1v) is 15.7. The number of aliphatic hydroxyl groups excluding tert-OH is 1. The molecule has 45 heavy (non-hydrogen) atoms. The van der Waals surface area contributed by atoms with E-state index >= 15 is 0 Å². The molecular weight excluding hydrogens is 607 g/mol. The highest BCUT2D eigenvalue weighted by molar-refractivity contribution is 7.52. The second kappa shape index (κ2) is 12.5. The number of aliphatic hydroxyl groups is 2. The van der Waals surface area contributed by atoms with Crippen molar-refractivity contribution in [3.8, 4) is 11.6 Å². The summed E-state index contributed by atoms with van der Waals surface area (Å²) < 4.78 is 44.1. The number of esters is 1. The molecule has 242 valence electrons. The quantitative estimate of drug-likeness (QED) is 0.137. The third-order valence-electron chi connectivity index (χ3n) is 7.68. The Morgan fingerprint density at radius 1 is 1.18 bits per heavy atom. The molecule has 1 fully saturated rings. The standard InChI is InChI=1S/C29H37N6O9P/c1-15(2)21(26(37)41-6)34-45(39,44-19-13-9-11-17-10-7-8-12-18(17)19)42-14-20-23(36)29(4,38)27(43-20)35-16(3)31-22-24(35)32-28(30)33-25(22)40-5/h7-13,15,20-21,23,27,36,38H,14H2,1-6H3,(H,34,39)(H2,30,32,33). The third-order valence-corrected chi connectivity index (χ3v) is 9.20. The first kappa shape index (κ1) is 32.5. The van der Waals surface area contributed by atoms with Crippen LogP contribution in [0.4, 0.5) is 5.95 Å². The second-order valence-electron chi connectivity index (χ2n) is 11.2. The molecule has 1 aliphatic rings. The van der Waals surface area contributed by atoms with E-state index in [1.807, 2.05) is 18.2 Å². The van der Waals surface area contributed by atoms with Crippen molar-refractivity contribution < 1.29 is 42.8 Å². The molecule has 5 N–H and O–H groups in total. The van der Waals surface area contributed by atoms with Crippen LogP contribution in [-0.4, -0.2) is 80.4 Å². The molecule has 6 atom stereocenters. The molecular formula is C29H37N6O9P. The van der Waals surface area contributed by atoms with Crippen molar-refractivity contribution in [2.75, 3.05) is 26.6 Å². The van der Waals surface area contributed by atoms with Crippen molar-refractivity contribution in [1.82, 2.24) is 24.6 Å². The number of aromatic nitrogens is 4. The lowest BCUT2D eigenvalue weighted by Gasteiger charge is -2.28. The zero-order valence-corrected chi connectivity index (χ0v) is 26.6. The molecule has 1 saturated heterocycles. The Morgan fingerprint density at radius 2 is 1.89 bits per heavy atom. The average Bonchev–Trinajstić information content (AvgIpc) is 3.44. The number of benzene rings is 2. The Labute approximate surface area is 259 Å². The van der Waals surface area contributed by atoms with Gasteiger partial charge in [0.1, 0.15) is 35.4 Å². The van der Waals surface area contributed by atoms with Gasteiger partial charge >= 0.3 is 13.7 Å². The Balaban J connectivity index is 1.47. The summed E-state index contributed by atoms with van der Waals surface area (Å²) in [5.74, 6) is -0.406. The lowest BCUT2D eigenvalue weighted by atomic mass is 9.96. The molecule has 5 rings (SSSR count). The first-order chi connectivity index (χ1) is 21.3. The van der Waals surface area contributed by atoms with Crippen molar-refractivity contribution in [2.45, 2.75) is 57.8 Å². The molecule has 0 spiro atoms. The molecule has 16 heteroatoms. The number of fused-ring (bicyclic) bond motifs is 2. The number of nitrogen functional groups attached to an aromatic ring is 1. The van der Waals surface area contributed by atoms with Crippen LogP contribution in [0.2, 0.25) is 0 Å². The van der Waals surface area contributed by atoms with Crippen LogP contribution < -0.4 is 20.1 Å². The van der Waals surface area contributed by atoms with Crippen LogP contribution in [0.1, 0.15) is 32.8 Å². The van der Waals surface area contributed by atoms with E-state index in [1.54, 1.807) is 45.0 Å². The molecule has 2 aromatic heterocycles.